The van der Waals surface area contributed by atoms with E-state index >= 15 is 0 Å². The van der Waals surface area contributed by atoms with Gasteiger partial charge in [0.25, 0.3) is 0 Å². The second-order valence-corrected chi connectivity index (χ2v) is 4.52. The quantitative estimate of drug-likeness (QED) is 0.839. The molecular weight excluding hydrogens is 205 g/mol. The normalized spacial score (nSPS) is 21.5. The number of aliphatic hydroxyl groups excluding tert-OH is 1. The molecule has 0 radical (unpaired) electrons. The van der Waals surface area contributed by atoms with Gasteiger partial charge >= 0.3 is 0 Å². The van der Waals surface area contributed by atoms with Crippen LogP contribution in [-0.4, -0.2) is 36.2 Å². The van der Waals surface area contributed by atoms with E-state index in [0.29, 0.717) is 5.92 Å². The third-order valence-electron chi connectivity index (χ3n) is 3.23. The van der Waals surface area contributed by atoms with Crippen LogP contribution < -0.4 is 0 Å². The summed E-state index contributed by atoms with van der Waals surface area (Å²) in [7, 11) is 0. The number of nitrogens with zero attached hydrogens (tertiary/aromatic N) is 1. The van der Waals surface area contributed by atoms with E-state index in [-0.39, 0.29) is 12.4 Å². The maximum Gasteiger partial charge on any atom is 0.123 e. The molecule has 1 unspecified atom stereocenters. The molecule has 0 aliphatic carbocycles. The van der Waals surface area contributed by atoms with E-state index in [9.17, 15) is 4.39 Å². The van der Waals surface area contributed by atoms with E-state index in [4.69, 9.17) is 5.11 Å². The van der Waals surface area contributed by atoms with Crippen LogP contribution in [0.3, 0.4) is 0 Å². The van der Waals surface area contributed by atoms with E-state index in [1.54, 1.807) is 12.1 Å². The Kier molecular flexibility index (Phi) is 3.91. The van der Waals surface area contributed by atoms with Crippen LogP contribution in [0, 0.1) is 11.7 Å². The fourth-order valence-electron chi connectivity index (χ4n) is 2.24. The Balaban J connectivity index is 1.80. The van der Waals surface area contributed by atoms with Crippen molar-refractivity contribution in [2.45, 2.75) is 12.8 Å². The highest BCUT2D eigenvalue weighted by atomic mass is 19.1. The molecule has 1 aromatic carbocycles. The average Bonchev–Trinajstić information content (AvgIpc) is 2.74. The molecule has 88 valence electrons. The topological polar surface area (TPSA) is 23.5 Å². The van der Waals surface area contributed by atoms with E-state index in [1.165, 1.54) is 6.07 Å². The van der Waals surface area contributed by atoms with Crippen molar-refractivity contribution in [2.75, 3.05) is 26.2 Å². The lowest BCUT2D eigenvalue weighted by molar-refractivity contribution is 0.222. The molecule has 1 aromatic rings. The highest BCUT2D eigenvalue weighted by Gasteiger charge is 2.20. The van der Waals surface area contributed by atoms with Gasteiger partial charge in [0.15, 0.2) is 0 Å². The zero-order chi connectivity index (χ0) is 11.4. The summed E-state index contributed by atoms with van der Waals surface area (Å²) in [6.45, 7) is 3.28. The first-order valence-electron chi connectivity index (χ1n) is 5.85. The molecule has 0 spiro atoms. The molecule has 1 fully saturated rings. The Hall–Kier alpha value is -0.930. The molecule has 1 saturated heterocycles. The van der Waals surface area contributed by atoms with Crippen LogP contribution in [0.1, 0.15) is 12.0 Å². The fraction of sp³-hybridized carbons (Fsp3) is 0.538. The van der Waals surface area contributed by atoms with Crippen molar-refractivity contribution in [3.05, 3.63) is 35.6 Å². The van der Waals surface area contributed by atoms with Crippen LogP contribution in [0.15, 0.2) is 24.3 Å². The second kappa shape index (κ2) is 5.41. The summed E-state index contributed by atoms with van der Waals surface area (Å²) in [4.78, 5) is 2.34. The summed E-state index contributed by atoms with van der Waals surface area (Å²) in [6.07, 6.45) is 1.97. The predicted octanol–water partition coefficient (Wildman–Crippen LogP) is 1.68. The third kappa shape index (κ3) is 3.03. The molecule has 3 heteroatoms. The number of likely N-dealkylation sites (tertiary alicyclic amines) is 1. The highest BCUT2D eigenvalue weighted by molar-refractivity contribution is 5.16. The molecule has 0 bridgehead atoms. The van der Waals surface area contributed by atoms with Crippen LogP contribution in [-0.2, 0) is 6.42 Å². The molecule has 1 N–H and O–H groups in total. The van der Waals surface area contributed by atoms with Crippen LogP contribution in [0.5, 0.6) is 0 Å². The van der Waals surface area contributed by atoms with Gasteiger partial charge in [0.2, 0.25) is 0 Å². The Morgan fingerprint density at radius 1 is 1.44 bits per heavy atom. The van der Waals surface area contributed by atoms with Gasteiger partial charge in [-0.15, -0.1) is 0 Å². The second-order valence-electron chi connectivity index (χ2n) is 4.52. The number of hydrogen-bond acceptors (Lipinski definition) is 2. The van der Waals surface area contributed by atoms with Gasteiger partial charge in [0.1, 0.15) is 5.82 Å². The summed E-state index contributed by atoms with van der Waals surface area (Å²) in [5.41, 5.74) is 1.05. The molecule has 16 heavy (non-hydrogen) atoms. The van der Waals surface area contributed by atoms with E-state index < -0.39 is 0 Å². The summed E-state index contributed by atoms with van der Waals surface area (Å²) < 4.78 is 12.9. The average molecular weight is 223 g/mol. The molecule has 1 aliphatic heterocycles. The SMILES string of the molecule is OCC1CCN(CCc2cccc(F)c2)C1. The van der Waals surface area contributed by atoms with Crippen LogP contribution >= 0.6 is 0 Å². The van der Waals surface area contributed by atoms with Gasteiger partial charge in [-0.2, -0.15) is 0 Å². The predicted molar refractivity (Wildman–Crippen MR) is 61.7 cm³/mol. The highest BCUT2D eigenvalue weighted by Crippen LogP contribution is 2.15. The molecule has 2 rings (SSSR count). The van der Waals surface area contributed by atoms with E-state index in [2.05, 4.69) is 4.90 Å². The summed E-state index contributed by atoms with van der Waals surface area (Å²) in [5.74, 6) is 0.277. The first-order chi connectivity index (χ1) is 7.78. The standard InChI is InChI=1S/C13H18FNO/c14-13-3-1-2-11(8-13)4-6-15-7-5-12(9-15)10-16/h1-3,8,12,16H,4-7,9-10H2. The molecule has 0 saturated carbocycles. The molecule has 1 atom stereocenters. The van der Waals surface area contributed by atoms with Gasteiger partial charge in [-0.05, 0) is 43.0 Å². The van der Waals surface area contributed by atoms with Gasteiger partial charge in [-0.3, -0.25) is 0 Å². The lowest BCUT2D eigenvalue weighted by Gasteiger charge is -2.15. The summed E-state index contributed by atoms with van der Waals surface area (Å²) >= 11 is 0. The van der Waals surface area contributed by atoms with Crippen LogP contribution in [0.25, 0.3) is 0 Å². The Morgan fingerprint density at radius 3 is 3.00 bits per heavy atom. The van der Waals surface area contributed by atoms with Crippen molar-refractivity contribution in [1.82, 2.24) is 4.90 Å². The molecule has 0 amide bonds. The zero-order valence-electron chi connectivity index (χ0n) is 9.40. The van der Waals surface area contributed by atoms with Crippen molar-refractivity contribution in [1.29, 1.82) is 0 Å². The van der Waals surface area contributed by atoms with Crippen LogP contribution in [0.2, 0.25) is 0 Å². The molecule has 1 heterocycles. The minimum absolute atomic E-state index is 0.160. The van der Waals surface area contributed by atoms with Gasteiger partial charge in [0, 0.05) is 19.7 Å². The molecule has 1 aliphatic rings. The first kappa shape index (κ1) is 11.6. The van der Waals surface area contributed by atoms with Gasteiger partial charge in [0.05, 0.1) is 0 Å². The van der Waals surface area contributed by atoms with E-state index in [0.717, 1.165) is 38.0 Å². The lowest BCUT2D eigenvalue weighted by Crippen LogP contribution is -2.24. The largest absolute Gasteiger partial charge is 0.396 e. The molecule has 0 aromatic heterocycles. The van der Waals surface area contributed by atoms with Crippen LogP contribution in [0.4, 0.5) is 4.39 Å². The number of benzene rings is 1. The van der Waals surface area contributed by atoms with Crippen molar-refractivity contribution in [2.24, 2.45) is 5.92 Å². The fourth-order valence-corrected chi connectivity index (χ4v) is 2.24. The van der Waals surface area contributed by atoms with Crippen molar-refractivity contribution < 1.29 is 9.50 Å². The molecule has 2 nitrogen and oxygen atoms in total. The smallest absolute Gasteiger partial charge is 0.123 e. The summed E-state index contributed by atoms with van der Waals surface area (Å²) in [5, 5.41) is 9.03. The Labute approximate surface area is 95.7 Å². The van der Waals surface area contributed by atoms with E-state index in [1.807, 2.05) is 6.07 Å². The van der Waals surface area contributed by atoms with Crippen molar-refractivity contribution in [3.8, 4) is 0 Å². The van der Waals surface area contributed by atoms with Gasteiger partial charge < -0.3 is 10.0 Å². The van der Waals surface area contributed by atoms with Crippen molar-refractivity contribution in [3.63, 3.8) is 0 Å². The minimum Gasteiger partial charge on any atom is -0.396 e. The monoisotopic (exact) mass is 223 g/mol. The minimum atomic E-state index is -0.160. The maximum absolute atomic E-state index is 12.9. The first-order valence-corrected chi connectivity index (χ1v) is 5.85. The maximum atomic E-state index is 12.9. The lowest BCUT2D eigenvalue weighted by atomic mass is 10.1. The summed E-state index contributed by atoms with van der Waals surface area (Å²) in [6, 6.07) is 6.79. The number of hydrogen-bond donors (Lipinski definition) is 1. The molecular formula is C13H18FNO. The third-order valence-corrected chi connectivity index (χ3v) is 3.23. The Morgan fingerprint density at radius 2 is 2.31 bits per heavy atom. The number of aliphatic hydroxyl groups is 1. The Bertz CT molecular complexity index is 342. The van der Waals surface area contributed by atoms with Crippen molar-refractivity contribution >= 4 is 0 Å². The number of rotatable bonds is 4. The zero-order valence-corrected chi connectivity index (χ0v) is 9.40. The number of halogens is 1. The van der Waals surface area contributed by atoms with Gasteiger partial charge in [-0.1, -0.05) is 12.1 Å². The van der Waals surface area contributed by atoms with Gasteiger partial charge in [-0.25, -0.2) is 4.39 Å².